The van der Waals surface area contributed by atoms with Crippen LogP contribution in [-0.4, -0.2) is 24.5 Å². The summed E-state index contributed by atoms with van der Waals surface area (Å²) in [7, 11) is 0. The summed E-state index contributed by atoms with van der Waals surface area (Å²) in [4.78, 5) is 2.64. The Labute approximate surface area is 102 Å². The van der Waals surface area contributed by atoms with Crippen molar-refractivity contribution in [3.05, 3.63) is 12.2 Å². The Kier molecular flexibility index (Phi) is 5.54. The van der Waals surface area contributed by atoms with Gasteiger partial charge in [0.05, 0.1) is 0 Å². The molecule has 1 rings (SSSR count). The van der Waals surface area contributed by atoms with Gasteiger partial charge in [0.25, 0.3) is 0 Å². The van der Waals surface area contributed by atoms with Crippen LogP contribution in [0.25, 0.3) is 0 Å². The van der Waals surface area contributed by atoms with Crippen molar-refractivity contribution >= 4 is 0 Å². The van der Waals surface area contributed by atoms with Crippen molar-refractivity contribution in [3.8, 4) is 0 Å². The normalized spacial score (nSPS) is 21.3. The second-order valence-corrected chi connectivity index (χ2v) is 5.82. The zero-order valence-electron chi connectivity index (χ0n) is 11.6. The smallest absolute Gasteiger partial charge is 0.000692 e. The van der Waals surface area contributed by atoms with Crippen molar-refractivity contribution in [2.24, 2.45) is 17.8 Å². The average Bonchev–Trinajstić information content (AvgIpc) is 2.28. The fourth-order valence-electron chi connectivity index (χ4n) is 2.53. The molecule has 1 aliphatic rings. The standard InChI is InChI=1S/C15H29N/c1-6-13(4)11-16-9-7-15(8-10-16)14(5)12(2)3/h12-13,15H,5-11H2,1-4H3. The Morgan fingerprint density at radius 3 is 2.25 bits per heavy atom. The number of rotatable bonds is 5. The minimum absolute atomic E-state index is 0.658. The minimum atomic E-state index is 0.658. The molecule has 0 saturated carbocycles. The molecule has 1 saturated heterocycles. The first kappa shape index (κ1) is 13.8. The van der Waals surface area contributed by atoms with E-state index < -0.39 is 0 Å². The topological polar surface area (TPSA) is 3.24 Å². The summed E-state index contributed by atoms with van der Waals surface area (Å²) in [5, 5.41) is 0. The van der Waals surface area contributed by atoms with Crippen LogP contribution in [0.1, 0.15) is 47.0 Å². The second-order valence-electron chi connectivity index (χ2n) is 5.82. The molecule has 0 aromatic heterocycles. The van der Waals surface area contributed by atoms with E-state index in [1.807, 2.05) is 0 Å². The maximum atomic E-state index is 4.26. The lowest BCUT2D eigenvalue weighted by atomic mass is 9.84. The van der Waals surface area contributed by atoms with Gasteiger partial charge in [-0.3, -0.25) is 0 Å². The Morgan fingerprint density at radius 1 is 1.25 bits per heavy atom. The van der Waals surface area contributed by atoms with Gasteiger partial charge in [-0.25, -0.2) is 0 Å². The van der Waals surface area contributed by atoms with Crippen LogP contribution >= 0.6 is 0 Å². The van der Waals surface area contributed by atoms with E-state index in [1.54, 1.807) is 0 Å². The lowest BCUT2D eigenvalue weighted by Gasteiger charge is -2.35. The molecule has 1 nitrogen and oxygen atoms in total. The molecule has 1 aliphatic heterocycles. The molecule has 1 heteroatoms. The van der Waals surface area contributed by atoms with E-state index in [1.165, 1.54) is 44.5 Å². The van der Waals surface area contributed by atoms with Crippen LogP contribution < -0.4 is 0 Å². The third kappa shape index (κ3) is 3.93. The van der Waals surface area contributed by atoms with Crippen molar-refractivity contribution in [1.29, 1.82) is 0 Å². The van der Waals surface area contributed by atoms with E-state index in [0.717, 1.165) is 11.8 Å². The van der Waals surface area contributed by atoms with Crippen LogP contribution in [0.2, 0.25) is 0 Å². The maximum absolute atomic E-state index is 4.26. The summed E-state index contributed by atoms with van der Waals surface area (Å²) in [6.07, 6.45) is 3.96. The van der Waals surface area contributed by atoms with Crippen molar-refractivity contribution in [2.45, 2.75) is 47.0 Å². The molecule has 1 unspecified atom stereocenters. The summed E-state index contributed by atoms with van der Waals surface area (Å²) in [5.41, 5.74) is 1.48. The van der Waals surface area contributed by atoms with Gasteiger partial charge >= 0.3 is 0 Å². The quantitative estimate of drug-likeness (QED) is 0.638. The van der Waals surface area contributed by atoms with Crippen molar-refractivity contribution in [3.63, 3.8) is 0 Å². The molecule has 94 valence electrons. The largest absolute Gasteiger partial charge is 0.303 e. The Hall–Kier alpha value is -0.300. The summed E-state index contributed by atoms with van der Waals surface area (Å²) in [6, 6.07) is 0. The molecule has 0 spiro atoms. The number of hydrogen-bond acceptors (Lipinski definition) is 1. The third-order valence-corrected chi connectivity index (χ3v) is 4.12. The Bertz CT molecular complexity index is 211. The Morgan fingerprint density at radius 2 is 1.81 bits per heavy atom. The molecule has 0 radical (unpaired) electrons. The number of allylic oxidation sites excluding steroid dienone is 1. The molecular formula is C15H29N. The molecule has 0 N–H and O–H groups in total. The summed E-state index contributed by atoms with van der Waals surface area (Å²) in [6.45, 7) is 17.3. The molecular weight excluding hydrogens is 194 g/mol. The molecule has 1 atom stereocenters. The van der Waals surface area contributed by atoms with E-state index in [9.17, 15) is 0 Å². The third-order valence-electron chi connectivity index (χ3n) is 4.12. The van der Waals surface area contributed by atoms with Gasteiger partial charge in [-0.15, -0.1) is 0 Å². The molecule has 0 aromatic rings. The molecule has 0 amide bonds. The highest BCUT2D eigenvalue weighted by molar-refractivity contribution is 5.05. The summed E-state index contributed by atoms with van der Waals surface area (Å²) in [5.74, 6) is 2.30. The van der Waals surface area contributed by atoms with Crippen LogP contribution in [0, 0.1) is 17.8 Å². The molecule has 0 aromatic carbocycles. The monoisotopic (exact) mass is 223 g/mol. The van der Waals surface area contributed by atoms with Crippen molar-refractivity contribution < 1.29 is 0 Å². The molecule has 16 heavy (non-hydrogen) atoms. The molecule has 0 aliphatic carbocycles. The number of piperidine rings is 1. The van der Waals surface area contributed by atoms with Gasteiger partial charge in [0, 0.05) is 6.54 Å². The van der Waals surface area contributed by atoms with E-state index in [2.05, 4.69) is 39.2 Å². The van der Waals surface area contributed by atoms with Crippen LogP contribution in [0.3, 0.4) is 0 Å². The second kappa shape index (κ2) is 6.44. The first-order valence-corrected chi connectivity index (χ1v) is 6.95. The van der Waals surface area contributed by atoms with Gasteiger partial charge in [0.1, 0.15) is 0 Å². The average molecular weight is 223 g/mol. The predicted molar refractivity (Wildman–Crippen MR) is 72.6 cm³/mol. The lowest BCUT2D eigenvalue weighted by Crippen LogP contribution is -2.37. The Balaban J connectivity index is 2.31. The number of nitrogens with zero attached hydrogens (tertiary/aromatic N) is 1. The first-order chi connectivity index (χ1) is 7.54. The number of likely N-dealkylation sites (tertiary alicyclic amines) is 1. The van der Waals surface area contributed by atoms with Gasteiger partial charge in [-0.05, 0) is 43.7 Å². The zero-order chi connectivity index (χ0) is 12.1. The van der Waals surface area contributed by atoms with Crippen LogP contribution in [0.4, 0.5) is 0 Å². The highest BCUT2D eigenvalue weighted by Crippen LogP contribution is 2.28. The van der Waals surface area contributed by atoms with Crippen LogP contribution in [-0.2, 0) is 0 Å². The van der Waals surface area contributed by atoms with E-state index in [4.69, 9.17) is 0 Å². The zero-order valence-corrected chi connectivity index (χ0v) is 11.6. The fraction of sp³-hybridized carbons (Fsp3) is 0.867. The van der Waals surface area contributed by atoms with Crippen molar-refractivity contribution in [1.82, 2.24) is 4.90 Å². The van der Waals surface area contributed by atoms with E-state index >= 15 is 0 Å². The first-order valence-electron chi connectivity index (χ1n) is 6.95. The lowest BCUT2D eigenvalue weighted by molar-refractivity contribution is 0.171. The van der Waals surface area contributed by atoms with Gasteiger partial charge in [0.15, 0.2) is 0 Å². The highest BCUT2D eigenvalue weighted by atomic mass is 15.1. The molecule has 0 bridgehead atoms. The molecule has 1 heterocycles. The maximum Gasteiger partial charge on any atom is 0.000692 e. The van der Waals surface area contributed by atoms with Gasteiger partial charge in [-0.2, -0.15) is 0 Å². The summed E-state index contributed by atoms with van der Waals surface area (Å²) < 4.78 is 0. The fourth-order valence-corrected chi connectivity index (χ4v) is 2.53. The predicted octanol–water partition coefficient (Wildman–Crippen LogP) is 3.96. The highest BCUT2D eigenvalue weighted by Gasteiger charge is 2.22. The van der Waals surface area contributed by atoms with Crippen molar-refractivity contribution in [2.75, 3.05) is 19.6 Å². The SMILES string of the molecule is C=C(C(C)C)C1CCN(CC(C)CC)CC1. The van der Waals surface area contributed by atoms with Crippen LogP contribution in [0.15, 0.2) is 12.2 Å². The van der Waals surface area contributed by atoms with Gasteiger partial charge in [-0.1, -0.05) is 46.3 Å². The summed E-state index contributed by atoms with van der Waals surface area (Å²) >= 11 is 0. The van der Waals surface area contributed by atoms with E-state index in [0.29, 0.717) is 5.92 Å². The van der Waals surface area contributed by atoms with Crippen LogP contribution in [0.5, 0.6) is 0 Å². The minimum Gasteiger partial charge on any atom is -0.303 e. The molecule has 1 fully saturated rings. The van der Waals surface area contributed by atoms with E-state index in [-0.39, 0.29) is 0 Å². The van der Waals surface area contributed by atoms with Gasteiger partial charge in [0.2, 0.25) is 0 Å². The number of hydrogen-bond donors (Lipinski definition) is 0. The van der Waals surface area contributed by atoms with Gasteiger partial charge < -0.3 is 4.90 Å².